The Morgan fingerprint density at radius 2 is 2.29 bits per heavy atom. The van der Waals surface area contributed by atoms with Gasteiger partial charge in [0.15, 0.2) is 0 Å². The van der Waals surface area contributed by atoms with Gasteiger partial charge in [0, 0.05) is 12.2 Å². The summed E-state index contributed by atoms with van der Waals surface area (Å²) in [5.74, 6) is 0.968. The molecule has 0 aromatic carbocycles. The van der Waals surface area contributed by atoms with Crippen molar-refractivity contribution in [3.05, 3.63) is 23.7 Å². The third-order valence-corrected chi connectivity index (χ3v) is 2.21. The van der Waals surface area contributed by atoms with E-state index in [9.17, 15) is 0 Å². The van der Waals surface area contributed by atoms with Crippen molar-refractivity contribution in [1.29, 1.82) is 0 Å². The van der Waals surface area contributed by atoms with Gasteiger partial charge in [-0.25, -0.2) is 0 Å². The van der Waals surface area contributed by atoms with Crippen LogP contribution in [0.1, 0.15) is 31.2 Å². The van der Waals surface area contributed by atoms with E-state index in [4.69, 9.17) is 9.15 Å². The Morgan fingerprint density at radius 3 is 2.79 bits per heavy atom. The predicted octanol–water partition coefficient (Wildman–Crippen LogP) is 2.28. The third-order valence-electron chi connectivity index (χ3n) is 2.21. The number of likely N-dealkylation sites (N-methyl/N-ethyl adjacent to an activating group) is 1. The number of furan rings is 1. The highest BCUT2D eigenvalue weighted by Crippen LogP contribution is 2.18. The Kier molecular flexibility index (Phi) is 4.70. The van der Waals surface area contributed by atoms with Crippen LogP contribution in [0.25, 0.3) is 0 Å². The highest BCUT2D eigenvalue weighted by molar-refractivity contribution is 5.20. The summed E-state index contributed by atoms with van der Waals surface area (Å²) in [6.45, 7) is 8.46. The van der Waals surface area contributed by atoms with Crippen molar-refractivity contribution in [2.75, 3.05) is 19.8 Å². The lowest BCUT2D eigenvalue weighted by Gasteiger charge is -2.16. The molecule has 80 valence electrons. The fourth-order valence-corrected chi connectivity index (χ4v) is 1.50. The molecule has 3 heteroatoms. The first-order valence-electron chi connectivity index (χ1n) is 5.14. The molecule has 0 saturated heterocycles. The monoisotopic (exact) mass is 197 g/mol. The van der Waals surface area contributed by atoms with Crippen LogP contribution < -0.4 is 5.32 Å². The Morgan fingerprint density at radius 1 is 1.50 bits per heavy atom. The van der Waals surface area contributed by atoms with E-state index >= 15 is 0 Å². The van der Waals surface area contributed by atoms with Crippen molar-refractivity contribution in [3.8, 4) is 0 Å². The van der Waals surface area contributed by atoms with Crippen LogP contribution in [0.15, 0.2) is 16.7 Å². The van der Waals surface area contributed by atoms with Crippen molar-refractivity contribution >= 4 is 0 Å². The summed E-state index contributed by atoms with van der Waals surface area (Å²) in [6.07, 6.45) is 1.72. The molecule has 0 radical (unpaired) electrons. The van der Waals surface area contributed by atoms with E-state index in [2.05, 4.69) is 12.2 Å². The van der Waals surface area contributed by atoms with E-state index in [1.165, 1.54) is 5.56 Å². The Hall–Kier alpha value is -0.800. The molecule has 1 aromatic rings. The van der Waals surface area contributed by atoms with Gasteiger partial charge in [0.1, 0.15) is 5.76 Å². The summed E-state index contributed by atoms with van der Waals surface area (Å²) in [4.78, 5) is 0. The molecule has 3 nitrogen and oxygen atoms in total. The van der Waals surface area contributed by atoms with E-state index < -0.39 is 0 Å². The molecule has 0 aliphatic heterocycles. The molecule has 0 aliphatic carbocycles. The van der Waals surface area contributed by atoms with Crippen LogP contribution in [0, 0.1) is 6.92 Å². The second-order valence-electron chi connectivity index (χ2n) is 3.20. The summed E-state index contributed by atoms with van der Waals surface area (Å²) in [5, 5.41) is 3.38. The minimum atomic E-state index is 0.249. The standard InChI is InChI=1S/C11H19NO2/c1-4-12-11(8-13-5-2)10-6-7-14-9(10)3/h6-7,11-12H,4-5,8H2,1-3H3. The molecule has 0 aliphatic rings. The van der Waals surface area contributed by atoms with Gasteiger partial charge in [0.25, 0.3) is 0 Å². The van der Waals surface area contributed by atoms with Gasteiger partial charge in [-0.05, 0) is 26.5 Å². The lowest BCUT2D eigenvalue weighted by atomic mass is 10.1. The van der Waals surface area contributed by atoms with Gasteiger partial charge in [-0.3, -0.25) is 0 Å². The minimum absolute atomic E-state index is 0.249. The topological polar surface area (TPSA) is 34.4 Å². The molecule has 0 fully saturated rings. The lowest BCUT2D eigenvalue weighted by molar-refractivity contribution is 0.123. The first-order chi connectivity index (χ1) is 6.79. The zero-order chi connectivity index (χ0) is 10.4. The third kappa shape index (κ3) is 2.86. The zero-order valence-electron chi connectivity index (χ0n) is 9.17. The molecule has 1 heterocycles. The molecule has 0 bridgehead atoms. The molecule has 1 rings (SSSR count). The second-order valence-corrected chi connectivity index (χ2v) is 3.20. The Balaban J connectivity index is 2.62. The van der Waals surface area contributed by atoms with Crippen molar-refractivity contribution < 1.29 is 9.15 Å². The normalized spacial score (nSPS) is 13.1. The Labute approximate surface area is 85.4 Å². The summed E-state index contributed by atoms with van der Waals surface area (Å²) >= 11 is 0. The minimum Gasteiger partial charge on any atom is -0.469 e. The van der Waals surface area contributed by atoms with E-state index in [1.807, 2.05) is 19.9 Å². The van der Waals surface area contributed by atoms with Gasteiger partial charge >= 0.3 is 0 Å². The molecule has 1 atom stereocenters. The molecular weight excluding hydrogens is 178 g/mol. The summed E-state index contributed by atoms with van der Waals surface area (Å²) in [5.41, 5.74) is 1.19. The molecular formula is C11H19NO2. The lowest BCUT2D eigenvalue weighted by Crippen LogP contribution is -2.25. The average molecular weight is 197 g/mol. The number of ether oxygens (including phenoxy) is 1. The maximum absolute atomic E-state index is 5.42. The second kappa shape index (κ2) is 5.83. The van der Waals surface area contributed by atoms with Gasteiger partial charge in [0.2, 0.25) is 0 Å². The number of rotatable bonds is 6. The number of hydrogen-bond acceptors (Lipinski definition) is 3. The van der Waals surface area contributed by atoms with E-state index in [0.717, 1.165) is 18.9 Å². The van der Waals surface area contributed by atoms with Crippen molar-refractivity contribution in [2.45, 2.75) is 26.8 Å². The van der Waals surface area contributed by atoms with Crippen LogP contribution in [0.3, 0.4) is 0 Å². The van der Waals surface area contributed by atoms with Gasteiger partial charge < -0.3 is 14.5 Å². The van der Waals surface area contributed by atoms with Gasteiger partial charge in [0.05, 0.1) is 18.9 Å². The summed E-state index contributed by atoms with van der Waals surface area (Å²) < 4.78 is 10.7. The van der Waals surface area contributed by atoms with Crippen molar-refractivity contribution in [2.24, 2.45) is 0 Å². The molecule has 1 N–H and O–H groups in total. The smallest absolute Gasteiger partial charge is 0.105 e. The highest BCUT2D eigenvalue weighted by atomic mass is 16.5. The van der Waals surface area contributed by atoms with Crippen LogP contribution in [-0.2, 0) is 4.74 Å². The summed E-state index contributed by atoms with van der Waals surface area (Å²) in [6, 6.07) is 2.25. The van der Waals surface area contributed by atoms with Crippen LogP contribution >= 0.6 is 0 Å². The maximum atomic E-state index is 5.42. The zero-order valence-corrected chi connectivity index (χ0v) is 9.17. The fraction of sp³-hybridized carbons (Fsp3) is 0.636. The van der Waals surface area contributed by atoms with Gasteiger partial charge in [-0.2, -0.15) is 0 Å². The van der Waals surface area contributed by atoms with Crippen LogP contribution in [0.5, 0.6) is 0 Å². The summed E-state index contributed by atoms with van der Waals surface area (Å²) in [7, 11) is 0. The fourth-order valence-electron chi connectivity index (χ4n) is 1.50. The van der Waals surface area contributed by atoms with Crippen LogP contribution in [0.2, 0.25) is 0 Å². The molecule has 14 heavy (non-hydrogen) atoms. The van der Waals surface area contributed by atoms with Gasteiger partial charge in [-0.1, -0.05) is 6.92 Å². The SMILES string of the molecule is CCNC(COCC)c1ccoc1C. The Bertz CT molecular complexity index is 258. The average Bonchev–Trinajstić information content (AvgIpc) is 2.59. The molecule has 0 saturated carbocycles. The highest BCUT2D eigenvalue weighted by Gasteiger charge is 2.14. The van der Waals surface area contributed by atoms with E-state index in [0.29, 0.717) is 6.61 Å². The van der Waals surface area contributed by atoms with Crippen LogP contribution in [0.4, 0.5) is 0 Å². The number of nitrogens with one attached hydrogen (secondary N) is 1. The molecule has 1 aromatic heterocycles. The number of hydrogen-bond donors (Lipinski definition) is 1. The molecule has 0 amide bonds. The number of aryl methyl sites for hydroxylation is 1. The first kappa shape index (κ1) is 11.3. The molecule has 0 spiro atoms. The van der Waals surface area contributed by atoms with E-state index in [-0.39, 0.29) is 6.04 Å². The maximum Gasteiger partial charge on any atom is 0.105 e. The largest absolute Gasteiger partial charge is 0.469 e. The predicted molar refractivity (Wildman–Crippen MR) is 56.4 cm³/mol. The first-order valence-corrected chi connectivity index (χ1v) is 5.14. The van der Waals surface area contributed by atoms with Crippen molar-refractivity contribution in [1.82, 2.24) is 5.32 Å². The molecule has 1 unspecified atom stereocenters. The van der Waals surface area contributed by atoms with Crippen LogP contribution in [-0.4, -0.2) is 19.8 Å². The quantitative estimate of drug-likeness (QED) is 0.759. The van der Waals surface area contributed by atoms with E-state index in [1.54, 1.807) is 6.26 Å². The van der Waals surface area contributed by atoms with Crippen molar-refractivity contribution in [3.63, 3.8) is 0 Å². The van der Waals surface area contributed by atoms with Gasteiger partial charge in [-0.15, -0.1) is 0 Å².